The molecular weight excluding hydrogens is 216 g/mol. The molecule has 3 heterocycles. The average Bonchev–Trinajstić information content (AvgIpc) is 2.94. The Morgan fingerprint density at radius 1 is 1.35 bits per heavy atom. The van der Waals surface area contributed by atoms with Gasteiger partial charge in [0.05, 0.1) is 18.1 Å². The van der Waals surface area contributed by atoms with Crippen LogP contribution >= 0.6 is 0 Å². The molecule has 1 saturated heterocycles. The van der Waals surface area contributed by atoms with Crippen molar-refractivity contribution in [2.24, 2.45) is 0 Å². The predicted molar refractivity (Wildman–Crippen MR) is 63.5 cm³/mol. The molecule has 0 spiro atoms. The van der Waals surface area contributed by atoms with Crippen molar-refractivity contribution < 1.29 is 4.74 Å². The molecule has 2 aromatic heterocycles. The van der Waals surface area contributed by atoms with Crippen LogP contribution in [0.25, 0.3) is 11.2 Å². The summed E-state index contributed by atoms with van der Waals surface area (Å²) in [5, 5.41) is 0. The normalized spacial score (nSPS) is 24.6. The molecular formula is C12H16N4O. The largest absolute Gasteiger partial charge is 0.355 e. The Morgan fingerprint density at radius 3 is 3.00 bits per heavy atom. The molecule has 17 heavy (non-hydrogen) atoms. The van der Waals surface area contributed by atoms with E-state index in [1.165, 1.54) is 0 Å². The Morgan fingerprint density at radius 2 is 2.24 bits per heavy atom. The molecule has 0 amide bonds. The molecule has 1 aliphatic rings. The molecule has 2 unspecified atom stereocenters. The highest BCUT2D eigenvalue weighted by molar-refractivity contribution is 5.72. The molecule has 0 radical (unpaired) electrons. The van der Waals surface area contributed by atoms with Crippen molar-refractivity contribution in [1.82, 2.24) is 19.5 Å². The maximum absolute atomic E-state index is 5.97. The van der Waals surface area contributed by atoms with Gasteiger partial charge in [0.1, 0.15) is 18.1 Å². The van der Waals surface area contributed by atoms with E-state index in [1.54, 1.807) is 6.33 Å². The van der Waals surface area contributed by atoms with Crippen molar-refractivity contribution in [3.05, 3.63) is 18.3 Å². The van der Waals surface area contributed by atoms with Crippen LogP contribution in [0.5, 0.6) is 0 Å². The van der Waals surface area contributed by atoms with Crippen LogP contribution in [0.3, 0.4) is 0 Å². The average molecular weight is 232 g/mol. The van der Waals surface area contributed by atoms with Gasteiger partial charge in [-0.1, -0.05) is 6.92 Å². The minimum Gasteiger partial charge on any atom is -0.355 e. The quantitative estimate of drug-likeness (QED) is 0.796. The first-order valence-corrected chi connectivity index (χ1v) is 6.09. The molecule has 1 aliphatic heterocycles. The minimum absolute atomic E-state index is 0.0826. The number of aromatic nitrogens is 4. The first-order chi connectivity index (χ1) is 8.29. The topological polar surface area (TPSA) is 52.8 Å². The number of rotatable bonds is 2. The third-order valence-electron chi connectivity index (χ3n) is 3.39. The molecule has 2 aromatic rings. The SMILES string of the molecule is CCC1CCC(n2cnc3c(C)ncnc32)O1. The Bertz CT molecular complexity index is 536. The summed E-state index contributed by atoms with van der Waals surface area (Å²) in [4.78, 5) is 12.8. The van der Waals surface area contributed by atoms with Gasteiger partial charge in [0.25, 0.3) is 0 Å². The summed E-state index contributed by atoms with van der Waals surface area (Å²) in [5.74, 6) is 0. The Labute approximate surface area is 99.9 Å². The predicted octanol–water partition coefficient (Wildman–Crippen LogP) is 2.22. The van der Waals surface area contributed by atoms with E-state index in [0.717, 1.165) is 36.1 Å². The second kappa shape index (κ2) is 4.07. The van der Waals surface area contributed by atoms with Crippen LogP contribution in [0.2, 0.25) is 0 Å². The van der Waals surface area contributed by atoms with E-state index in [9.17, 15) is 0 Å². The molecule has 1 fully saturated rings. The number of hydrogen-bond donors (Lipinski definition) is 0. The molecule has 3 rings (SSSR count). The Balaban J connectivity index is 1.99. The van der Waals surface area contributed by atoms with E-state index in [-0.39, 0.29) is 6.23 Å². The van der Waals surface area contributed by atoms with E-state index in [4.69, 9.17) is 4.74 Å². The number of aryl methyl sites for hydroxylation is 1. The van der Waals surface area contributed by atoms with Gasteiger partial charge in [-0.25, -0.2) is 15.0 Å². The van der Waals surface area contributed by atoms with Crippen molar-refractivity contribution in [2.75, 3.05) is 0 Å². The van der Waals surface area contributed by atoms with Gasteiger partial charge in [-0.2, -0.15) is 0 Å². The van der Waals surface area contributed by atoms with Gasteiger partial charge in [-0.3, -0.25) is 4.57 Å². The molecule has 0 bridgehead atoms. The highest BCUT2D eigenvalue weighted by Gasteiger charge is 2.26. The molecule has 2 atom stereocenters. The number of nitrogens with zero attached hydrogens (tertiary/aromatic N) is 4. The van der Waals surface area contributed by atoms with E-state index in [2.05, 4.69) is 21.9 Å². The van der Waals surface area contributed by atoms with Crippen molar-refractivity contribution in [3.63, 3.8) is 0 Å². The van der Waals surface area contributed by atoms with Crippen LogP contribution < -0.4 is 0 Å². The Kier molecular flexibility index (Phi) is 2.55. The third-order valence-corrected chi connectivity index (χ3v) is 3.39. The van der Waals surface area contributed by atoms with E-state index < -0.39 is 0 Å². The standard InChI is InChI=1S/C12H16N4O/c1-3-9-4-5-10(17-9)16-7-15-11-8(2)13-6-14-12(11)16/h6-7,9-10H,3-5H2,1-2H3. The first kappa shape index (κ1) is 10.7. The number of hydrogen-bond acceptors (Lipinski definition) is 4. The summed E-state index contributed by atoms with van der Waals surface area (Å²) in [6.07, 6.45) is 7.08. The highest BCUT2D eigenvalue weighted by Crippen LogP contribution is 2.31. The minimum atomic E-state index is 0.0826. The molecule has 0 N–H and O–H groups in total. The fraction of sp³-hybridized carbons (Fsp3) is 0.583. The summed E-state index contributed by atoms with van der Waals surface area (Å²) in [6, 6.07) is 0. The number of fused-ring (bicyclic) bond motifs is 1. The van der Waals surface area contributed by atoms with E-state index >= 15 is 0 Å². The van der Waals surface area contributed by atoms with Gasteiger partial charge < -0.3 is 4.74 Å². The van der Waals surface area contributed by atoms with Gasteiger partial charge in [0.15, 0.2) is 5.65 Å². The molecule has 5 nitrogen and oxygen atoms in total. The zero-order valence-corrected chi connectivity index (χ0v) is 10.1. The summed E-state index contributed by atoms with van der Waals surface area (Å²) in [5.41, 5.74) is 2.66. The molecule has 0 aliphatic carbocycles. The monoisotopic (exact) mass is 232 g/mol. The van der Waals surface area contributed by atoms with Crippen LogP contribution in [0.4, 0.5) is 0 Å². The summed E-state index contributed by atoms with van der Waals surface area (Å²) >= 11 is 0. The van der Waals surface area contributed by atoms with Crippen LogP contribution in [-0.2, 0) is 4.74 Å². The van der Waals surface area contributed by atoms with Gasteiger partial charge in [0.2, 0.25) is 0 Å². The lowest BCUT2D eigenvalue weighted by Gasteiger charge is -2.13. The van der Waals surface area contributed by atoms with Crippen molar-refractivity contribution >= 4 is 11.2 Å². The summed E-state index contributed by atoms with van der Waals surface area (Å²) in [7, 11) is 0. The second-order valence-electron chi connectivity index (χ2n) is 4.48. The zero-order chi connectivity index (χ0) is 11.8. The number of imidazole rings is 1. The lowest BCUT2D eigenvalue weighted by Crippen LogP contribution is -2.10. The summed E-state index contributed by atoms with van der Waals surface area (Å²) < 4.78 is 7.99. The number of ether oxygens (including phenoxy) is 1. The third kappa shape index (κ3) is 1.70. The fourth-order valence-corrected chi connectivity index (χ4v) is 2.37. The Hall–Kier alpha value is -1.49. The van der Waals surface area contributed by atoms with E-state index in [0.29, 0.717) is 6.10 Å². The van der Waals surface area contributed by atoms with Crippen molar-refractivity contribution in [2.45, 2.75) is 45.4 Å². The smallest absolute Gasteiger partial charge is 0.165 e. The van der Waals surface area contributed by atoms with Crippen LogP contribution in [0.15, 0.2) is 12.7 Å². The van der Waals surface area contributed by atoms with Crippen molar-refractivity contribution in [1.29, 1.82) is 0 Å². The van der Waals surface area contributed by atoms with E-state index in [1.807, 2.05) is 17.8 Å². The van der Waals surface area contributed by atoms with Crippen LogP contribution in [0.1, 0.15) is 38.1 Å². The lowest BCUT2D eigenvalue weighted by atomic mass is 10.2. The van der Waals surface area contributed by atoms with Crippen LogP contribution in [-0.4, -0.2) is 25.6 Å². The lowest BCUT2D eigenvalue weighted by molar-refractivity contribution is 0.00289. The maximum Gasteiger partial charge on any atom is 0.165 e. The maximum atomic E-state index is 5.97. The van der Waals surface area contributed by atoms with Gasteiger partial charge in [-0.05, 0) is 26.2 Å². The van der Waals surface area contributed by atoms with Gasteiger partial charge >= 0.3 is 0 Å². The molecule has 90 valence electrons. The van der Waals surface area contributed by atoms with Crippen molar-refractivity contribution in [3.8, 4) is 0 Å². The zero-order valence-electron chi connectivity index (χ0n) is 10.1. The molecule has 5 heteroatoms. The summed E-state index contributed by atoms with van der Waals surface area (Å²) in [6.45, 7) is 4.11. The first-order valence-electron chi connectivity index (χ1n) is 6.09. The van der Waals surface area contributed by atoms with Gasteiger partial charge in [0, 0.05) is 0 Å². The fourth-order valence-electron chi connectivity index (χ4n) is 2.37. The van der Waals surface area contributed by atoms with Crippen LogP contribution in [0, 0.1) is 6.92 Å². The second-order valence-corrected chi connectivity index (χ2v) is 4.48. The highest BCUT2D eigenvalue weighted by atomic mass is 16.5. The van der Waals surface area contributed by atoms with Gasteiger partial charge in [-0.15, -0.1) is 0 Å². The molecule has 0 aromatic carbocycles. The molecule has 0 saturated carbocycles.